The molecule has 2 N–H and O–H groups in total. The van der Waals surface area contributed by atoms with Crippen LogP contribution in [0.25, 0.3) is 11.3 Å². The Morgan fingerprint density at radius 1 is 0.914 bits per heavy atom. The van der Waals surface area contributed by atoms with Crippen molar-refractivity contribution >= 4 is 5.69 Å². The molecule has 4 rings (SSSR count). The summed E-state index contributed by atoms with van der Waals surface area (Å²) < 4.78 is 3.39. The van der Waals surface area contributed by atoms with E-state index >= 15 is 0 Å². The van der Waals surface area contributed by atoms with E-state index in [4.69, 9.17) is 5.73 Å². The molecular weight excluding hydrogens is 434 g/mol. The lowest BCUT2D eigenvalue weighted by atomic mass is 9.87. The number of anilines is 1. The van der Waals surface area contributed by atoms with E-state index in [0.29, 0.717) is 18.8 Å². The van der Waals surface area contributed by atoms with Crippen LogP contribution in [-0.4, -0.2) is 19.3 Å². The molecule has 35 heavy (non-hydrogen) atoms. The number of pyridine rings is 1. The van der Waals surface area contributed by atoms with E-state index < -0.39 is 0 Å². The van der Waals surface area contributed by atoms with Gasteiger partial charge in [0.2, 0.25) is 0 Å². The molecule has 0 atom stereocenters. The van der Waals surface area contributed by atoms with Gasteiger partial charge < -0.3 is 5.73 Å². The van der Waals surface area contributed by atoms with Crippen molar-refractivity contribution < 1.29 is 0 Å². The quantitative estimate of drug-likeness (QED) is 0.383. The summed E-state index contributed by atoms with van der Waals surface area (Å²) in [5, 5.41) is 4.69. The number of hydrogen-bond donors (Lipinski definition) is 1. The fourth-order valence-corrected chi connectivity index (χ4v) is 4.27. The minimum atomic E-state index is -0.0404. The zero-order valence-electron chi connectivity index (χ0n) is 21.2. The number of aryl methyl sites for hydroxylation is 2. The van der Waals surface area contributed by atoms with Gasteiger partial charge in [-0.15, -0.1) is 0 Å². The lowest BCUT2D eigenvalue weighted by molar-refractivity contribution is 0.588. The highest BCUT2D eigenvalue weighted by molar-refractivity contribution is 5.63. The fraction of sp³-hybridized carbons (Fsp3) is 0.345. The molecule has 2 heterocycles. The van der Waals surface area contributed by atoms with Gasteiger partial charge in [0.25, 0.3) is 0 Å². The third kappa shape index (κ3) is 5.88. The predicted molar refractivity (Wildman–Crippen MR) is 143 cm³/mol. The molecule has 0 unspecified atom stereocenters. The van der Waals surface area contributed by atoms with Crippen LogP contribution < -0.4 is 11.4 Å². The van der Waals surface area contributed by atoms with Crippen molar-refractivity contribution in [1.82, 2.24) is 19.3 Å². The van der Waals surface area contributed by atoms with Gasteiger partial charge in [0.15, 0.2) is 0 Å². The Balaban J connectivity index is 1.40. The highest BCUT2D eigenvalue weighted by atomic mass is 16.2. The van der Waals surface area contributed by atoms with Crippen LogP contribution in [0, 0.1) is 0 Å². The van der Waals surface area contributed by atoms with E-state index in [-0.39, 0.29) is 11.1 Å². The van der Waals surface area contributed by atoms with Gasteiger partial charge in [-0.05, 0) is 54.0 Å². The van der Waals surface area contributed by atoms with E-state index in [2.05, 4.69) is 79.4 Å². The molecule has 2 aromatic heterocycles. The number of benzene rings is 2. The van der Waals surface area contributed by atoms with Crippen molar-refractivity contribution in [2.45, 2.75) is 65.5 Å². The van der Waals surface area contributed by atoms with Gasteiger partial charge in [-0.25, -0.2) is 9.48 Å². The van der Waals surface area contributed by atoms with Crippen LogP contribution in [-0.2, 0) is 31.3 Å². The number of rotatable bonds is 8. The summed E-state index contributed by atoms with van der Waals surface area (Å²) in [4.78, 5) is 17.3. The highest BCUT2D eigenvalue weighted by Crippen LogP contribution is 2.22. The van der Waals surface area contributed by atoms with Crippen molar-refractivity contribution in [3.05, 3.63) is 99.9 Å². The van der Waals surface area contributed by atoms with Crippen LogP contribution >= 0.6 is 0 Å². The lowest BCUT2D eigenvalue weighted by Gasteiger charge is -2.19. The topological polar surface area (TPSA) is 78.7 Å². The van der Waals surface area contributed by atoms with E-state index in [1.807, 2.05) is 13.0 Å². The maximum atomic E-state index is 12.9. The number of nitrogen functional groups attached to an aromatic ring is 1. The average Bonchev–Trinajstić information content (AvgIpc) is 3.13. The number of hydrogen-bond acceptors (Lipinski definition) is 4. The normalized spacial score (nSPS) is 11.7. The SMILES string of the molecule is CCn1c(CCCc2ccc(-c3cc(N)ccn3)cc2)nn(Cc2ccc(C(C)(C)C)cc2)c1=O. The second-order valence-electron chi connectivity index (χ2n) is 10.1. The standard InChI is InChI=1S/C29H35N5O/c1-5-33-27(32-34(28(33)35)20-22-11-15-24(16-12-22)29(2,3)4)8-6-7-21-9-13-23(14-10-21)26-19-25(30)17-18-31-26/h9-19H,5-8,20H2,1-4H3,(H2,30,31). The monoisotopic (exact) mass is 469 g/mol. The number of nitrogens with zero attached hydrogens (tertiary/aromatic N) is 4. The molecule has 0 aliphatic heterocycles. The molecule has 0 spiro atoms. The Morgan fingerprint density at radius 2 is 1.60 bits per heavy atom. The molecule has 6 nitrogen and oxygen atoms in total. The Hall–Kier alpha value is -3.67. The average molecular weight is 470 g/mol. The molecule has 0 saturated carbocycles. The van der Waals surface area contributed by atoms with Gasteiger partial charge in [0, 0.05) is 30.4 Å². The van der Waals surface area contributed by atoms with Gasteiger partial charge in [-0.2, -0.15) is 5.10 Å². The second kappa shape index (κ2) is 10.3. The number of nitrogens with two attached hydrogens (primary N) is 1. The molecule has 0 saturated heterocycles. The third-order valence-corrected chi connectivity index (χ3v) is 6.37. The first-order valence-corrected chi connectivity index (χ1v) is 12.3. The summed E-state index contributed by atoms with van der Waals surface area (Å²) in [6.07, 6.45) is 4.33. The maximum absolute atomic E-state index is 12.9. The summed E-state index contributed by atoms with van der Waals surface area (Å²) in [5.74, 6) is 0.851. The minimum absolute atomic E-state index is 0.0404. The molecule has 0 fully saturated rings. The lowest BCUT2D eigenvalue weighted by Crippen LogP contribution is -2.25. The van der Waals surface area contributed by atoms with Crippen molar-refractivity contribution in [2.75, 3.05) is 5.73 Å². The van der Waals surface area contributed by atoms with Gasteiger partial charge in [-0.1, -0.05) is 69.3 Å². The van der Waals surface area contributed by atoms with Crippen molar-refractivity contribution in [1.29, 1.82) is 0 Å². The zero-order chi connectivity index (χ0) is 25.0. The Bertz CT molecular complexity index is 1330. The van der Waals surface area contributed by atoms with Crippen LogP contribution in [0.15, 0.2) is 71.7 Å². The molecule has 0 amide bonds. The molecule has 6 heteroatoms. The van der Waals surface area contributed by atoms with Gasteiger partial charge in [0.1, 0.15) is 5.82 Å². The first-order chi connectivity index (χ1) is 16.7. The molecule has 0 aliphatic carbocycles. The Morgan fingerprint density at radius 3 is 2.23 bits per heavy atom. The van der Waals surface area contributed by atoms with Gasteiger partial charge in [-0.3, -0.25) is 9.55 Å². The van der Waals surface area contributed by atoms with Crippen LogP contribution in [0.5, 0.6) is 0 Å². The Kier molecular flexibility index (Phi) is 7.20. The van der Waals surface area contributed by atoms with Crippen LogP contribution in [0.3, 0.4) is 0 Å². The van der Waals surface area contributed by atoms with Crippen LogP contribution in [0.2, 0.25) is 0 Å². The van der Waals surface area contributed by atoms with E-state index in [1.54, 1.807) is 21.5 Å². The molecule has 0 bridgehead atoms. The fourth-order valence-electron chi connectivity index (χ4n) is 4.27. The van der Waals surface area contributed by atoms with Crippen LogP contribution in [0.1, 0.15) is 56.6 Å². The first kappa shape index (κ1) is 24.5. The zero-order valence-corrected chi connectivity index (χ0v) is 21.2. The smallest absolute Gasteiger partial charge is 0.346 e. The van der Waals surface area contributed by atoms with E-state index in [1.165, 1.54) is 11.1 Å². The summed E-state index contributed by atoms with van der Waals surface area (Å²) in [6, 6.07) is 20.6. The summed E-state index contributed by atoms with van der Waals surface area (Å²) in [6.45, 7) is 9.71. The van der Waals surface area contributed by atoms with Crippen molar-refractivity contribution in [3.63, 3.8) is 0 Å². The van der Waals surface area contributed by atoms with Gasteiger partial charge in [0.05, 0.1) is 12.2 Å². The molecule has 4 aromatic rings. The van der Waals surface area contributed by atoms with Crippen LogP contribution in [0.4, 0.5) is 5.69 Å². The first-order valence-electron chi connectivity index (χ1n) is 12.3. The molecular formula is C29H35N5O. The van der Waals surface area contributed by atoms with Crippen molar-refractivity contribution in [2.24, 2.45) is 0 Å². The second-order valence-corrected chi connectivity index (χ2v) is 10.1. The number of aromatic nitrogens is 4. The maximum Gasteiger partial charge on any atom is 0.346 e. The summed E-state index contributed by atoms with van der Waals surface area (Å²) in [5.41, 5.74) is 12.2. The van der Waals surface area contributed by atoms with E-state index in [9.17, 15) is 4.79 Å². The minimum Gasteiger partial charge on any atom is -0.399 e. The summed E-state index contributed by atoms with van der Waals surface area (Å²) >= 11 is 0. The van der Waals surface area contributed by atoms with Gasteiger partial charge >= 0.3 is 5.69 Å². The third-order valence-electron chi connectivity index (χ3n) is 6.37. The van der Waals surface area contributed by atoms with Crippen molar-refractivity contribution in [3.8, 4) is 11.3 Å². The molecule has 0 aliphatic rings. The Labute approximate surface area is 207 Å². The molecule has 0 radical (unpaired) electrons. The summed E-state index contributed by atoms with van der Waals surface area (Å²) in [7, 11) is 0. The van der Waals surface area contributed by atoms with E-state index in [0.717, 1.165) is 41.9 Å². The largest absolute Gasteiger partial charge is 0.399 e. The molecule has 2 aromatic carbocycles. The highest BCUT2D eigenvalue weighted by Gasteiger charge is 2.15. The molecule has 182 valence electrons. The predicted octanol–water partition coefficient (Wildman–Crippen LogP) is 5.23.